The summed E-state index contributed by atoms with van der Waals surface area (Å²) in [5, 5.41) is 14.7. The molecule has 7 heteroatoms. The molecule has 2 fully saturated rings. The summed E-state index contributed by atoms with van der Waals surface area (Å²) in [6.07, 6.45) is 4.46. The first-order valence-corrected chi connectivity index (χ1v) is 12.4. The number of hydrogen-bond acceptors (Lipinski definition) is 6. The molecule has 1 aliphatic carbocycles. The zero-order valence-corrected chi connectivity index (χ0v) is 21.5. The van der Waals surface area contributed by atoms with E-state index in [0.29, 0.717) is 30.2 Å². The second-order valence-electron chi connectivity index (χ2n) is 9.95. The van der Waals surface area contributed by atoms with Gasteiger partial charge in [0, 0.05) is 24.2 Å². The molecule has 1 amide bonds. The van der Waals surface area contributed by atoms with E-state index in [2.05, 4.69) is 10.2 Å². The van der Waals surface area contributed by atoms with E-state index in [1.807, 2.05) is 44.2 Å². The van der Waals surface area contributed by atoms with Crippen LogP contribution in [0.5, 0.6) is 17.2 Å². The number of aryl methyl sites for hydroxylation is 2. The van der Waals surface area contributed by atoms with E-state index in [-0.39, 0.29) is 24.4 Å². The minimum Gasteiger partial charge on any atom is -0.493 e. The molecule has 0 radical (unpaired) electrons. The largest absolute Gasteiger partial charge is 0.493 e. The summed E-state index contributed by atoms with van der Waals surface area (Å²) in [5.74, 6) is 1.64. The first kappa shape index (κ1) is 25.3. The van der Waals surface area contributed by atoms with Crippen LogP contribution < -0.4 is 19.5 Å². The Balaban J connectivity index is 1.68. The third-order valence-corrected chi connectivity index (χ3v) is 7.71. The molecule has 190 valence electrons. The van der Waals surface area contributed by atoms with Gasteiger partial charge in [-0.1, -0.05) is 25.0 Å². The molecule has 3 atom stereocenters. The number of nitrogens with one attached hydrogen (secondary N) is 1. The molecule has 0 bridgehead atoms. The molecule has 0 spiro atoms. The number of likely N-dealkylation sites (tertiary alicyclic amines) is 1. The fourth-order valence-corrected chi connectivity index (χ4v) is 5.88. The zero-order valence-electron chi connectivity index (χ0n) is 21.5. The van der Waals surface area contributed by atoms with E-state index >= 15 is 0 Å². The monoisotopic (exact) mass is 482 g/mol. The lowest BCUT2D eigenvalue weighted by Crippen LogP contribution is -2.56. The van der Waals surface area contributed by atoms with Crippen molar-refractivity contribution in [3.05, 3.63) is 47.0 Å². The van der Waals surface area contributed by atoms with Gasteiger partial charge in [0.1, 0.15) is 0 Å². The van der Waals surface area contributed by atoms with Crippen LogP contribution >= 0.6 is 0 Å². The van der Waals surface area contributed by atoms with Gasteiger partial charge < -0.3 is 24.6 Å². The van der Waals surface area contributed by atoms with Crippen LogP contribution in [0.4, 0.5) is 5.69 Å². The molecule has 2 aromatic rings. The van der Waals surface area contributed by atoms with Crippen molar-refractivity contribution in [3.63, 3.8) is 0 Å². The SMILES string of the molecule is COc1cc([C@H]2C3CCCCC3(O)CCN2CC(=O)Nc2cc(C)ccc2C)cc(OC)c1OC. The summed E-state index contributed by atoms with van der Waals surface area (Å²) in [7, 11) is 4.80. The van der Waals surface area contributed by atoms with E-state index in [0.717, 1.165) is 48.1 Å². The molecule has 1 aliphatic heterocycles. The molecule has 1 heterocycles. The minimum absolute atomic E-state index is 0.0151. The normalized spacial score (nSPS) is 24.4. The lowest BCUT2D eigenvalue weighted by atomic mass is 9.66. The molecule has 2 aliphatic rings. The van der Waals surface area contributed by atoms with Crippen LogP contribution in [-0.2, 0) is 4.79 Å². The first-order chi connectivity index (χ1) is 16.8. The Morgan fingerprint density at radius 2 is 1.77 bits per heavy atom. The quantitative estimate of drug-likeness (QED) is 0.599. The number of methoxy groups -OCH3 is 3. The molecule has 4 rings (SSSR count). The Bertz CT molecular complexity index is 1050. The van der Waals surface area contributed by atoms with Crippen LogP contribution in [0.1, 0.15) is 54.8 Å². The van der Waals surface area contributed by atoms with Gasteiger partial charge in [-0.25, -0.2) is 0 Å². The Labute approximate surface area is 208 Å². The number of carbonyl (C=O) groups is 1. The Kier molecular flexibility index (Phi) is 7.57. The van der Waals surface area contributed by atoms with Gasteiger partial charge in [0.2, 0.25) is 11.7 Å². The predicted octanol–water partition coefficient (Wildman–Crippen LogP) is 4.64. The van der Waals surface area contributed by atoms with Gasteiger partial charge in [0.15, 0.2) is 11.5 Å². The highest BCUT2D eigenvalue weighted by atomic mass is 16.5. The lowest BCUT2D eigenvalue weighted by Gasteiger charge is -2.52. The van der Waals surface area contributed by atoms with Crippen molar-refractivity contribution in [1.29, 1.82) is 0 Å². The van der Waals surface area contributed by atoms with Crippen LogP contribution in [0.25, 0.3) is 0 Å². The minimum atomic E-state index is -0.733. The summed E-state index contributed by atoms with van der Waals surface area (Å²) < 4.78 is 16.8. The zero-order chi connectivity index (χ0) is 25.2. The van der Waals surface area contributed by atoms with Crippen LogP contribution in [-0.4, -0.2) is 55.9 Å². The van der Waals surface area contributed by atoms with Crippen LogP contribution in [0, 0.1) is 19.8 Å². The van der Waals surface area contributed by atoms with Gasteiger partial charge in [0.05, 0.1) is 33.5 Å². The van der Waals surface area contributed by atoms with Gasteiger partial charge in [-0.15, -0.1) is 0 Å². The maximum absolute atomic E-state index is 13.2. The third kappa shape index (κ3) is 5.11. The predicted molar refractivity (Wildman–Crippen MR) is 136 cm³/mol. The van der Waals surface area contributed by atoms with E-state index in [1.54, 1.807) is 21.3 Å². The van der Waals surface area contributed by atoms with Crippen molar-refractivity contribution < 1.29 is 24.1 Å². The third-order valence-electron chi connectivity index (χ3n) is 7.71. The van der Waals surface area contributed by atoms with Gasteiger partial charge in [-0.2, -0.15) is 0 Å². The number of amides is 1. The maximum atomic E-state index is 13.2. The molecule has 1 saturated heterocycles. The van der Waals surface area contributed by atoms with Crippen molar-refractivity contribution >= 4 is 11.6 Å². The molecule has 1 saturated carbocycles. The molecular weight excluding hydrogens is 444 g/mol. The topological polar surface area (TPSA) is 80.3 Å². The van der Waals surface area contributed by atoms with Gasteiger partial charge in [0.25, 0.3) is 0 Å². The number of piperidine rings is 1. The second kappa shape index (κ2) is 10.5. The number of anilines is 1. The highest BCUT2D eigenvalue weighted by molar-refractivity contribution is 5.93. The number of fused-ring (bicyclic) bond motifs is 1. The number of rotatable bonds is 7. The van der Waals surface area contributed by atoms with Gasteiger partial charge in [-0.3, -0.25) is 9.69 Å². The Morgan fingerprint density at radius 1 is 1.06 bits per heavy atom. The maximum Gasteiger partial charge on any atom is 0.238 e. The van der Waals surface area contributed by atoms with E-state index in [4.69, 9.17) is 14.2 Å². The molecule has 0 aromatic heterocycles. The molecule has 35 heavy (non-hydrogen) atoms. The van der Waals surface area contributed by atoms with Crippen LogP contribution in [0.15, 0.2) is 30.3 Å². The smallest absolute Gasteiger partial charge is 0.238 e. The van der Waals surface area contributed by atoms with Gasteiger partial charge >= 0.3 is 0 Å². The molecule has 7 nitrogen and oxygen atoms in total. The Hall–Kier alpha value is -2.77. The number of carbonyl (C=O) groups excluding carboxylic acids is 1. The Morgan fingerprint density at radius 3 is 2.43 bits per heavy atom. The number of ether oxygens (including phenoxy) is 3. The summed E-state index contributed by atoms with van der Waals surface area (Å²) in [4.78, 5) is 15.4. The number of hydrogen-bond donors (Lipinski definition) is 2. The number of benzene rings is 2. The first-order valence-electron chi connectivity index (χ1n) is 12.4. The number of nitrogens with zero attached hydrogens (tertiary/aromatic N) is 1. The van der Waals surface area contributed by atoms with Crippen molar-refractivity contribution in [1.82, 2.24) is 4.90 Å². The van der Waals surface area contributed by atoms with Gasteiger partial charge in [-0.05, 0) is 68.0 Å². The molecule has 2 unspecified atom stereocenters. The average Bonchev–Trinajstić information content (AvgIpc) is 2.85. The summed E-state index contributed by atoms with van der Waals surface area (Å²) in [5.41, 5.74) is 3.20. The van der Waals surface area contributed by atoms with Crippen LogP contribution in [0.2, 0.25) is 0 Å². The lowest BCUT2D eigenvalue weighted by molar-refractivity contribution is -0.135. The highest BCUT2D eigenvalue weighted by Gasteiger charge is 2.49. The number of aliphatic hydroxyl groups is 1. The molecule has 2 N–H and O–H groups in total. The second-order valence-corrected chi connectivity index (χ2v) is 9.95. The highest BCUT2D eigenvalue weighted by Crippen LogP contribution is 2.51. The molecule has 2 aromatic carbocycles. The standard InChI is InChI=1S/C28H38N2O5/c1-18-9-10-19(2)22(14-18)29-25(31)17-30-13-12-28(32)11-7-6-8-21(28)26(30)20-15-23(33-3)27(35-5)24(16-20)34-4/h9-10,14-16,21,26,32H,6-8,11-13,17H2,1-5H3,(H,29,31)/t21?,26-,28?/m0/s1. The van der Waals surface area contributed by atoms with Crippen LogP contribution in [0.3, 0.4) is 0 Å². The fraction of sp³-hybridized carbons (Fsp3) is 0.536. The molecular formula is C28H38N2O5. The van der Waals surface area contributed by atoms with Crippen molar-refractivity contribution in [2.45, 2.75) is 57.6 Å². The fourth-order valence-electron chi connectivity index (χ4n) is 5.88. The van der Waals surface area contributed by atoms with Crippen molar-refractivity contribution in [3.8, 4) is 17.2 Å². The summed E-state index contributed by atoms with van der Waals surface area (Å²) >= 11 is 0. The summed E-state index contributed by atoms with van der Waals surface area (Å²) in [6, 6.07) is 9.84. The van der Waals surface area contributed by atoms with E-state index < -0.39 is 5.60 Å². The van der Waals surface area contributed by atoms with Crippen molar-refractivity contribution in [2.75, 3.05) is 39.7 Å². The summed E-state index contributed by atoms with van der Waals surface area (Å²) in [6.45, 7) is 4.89. The van der Waals surface area contributed by atoms with E-state index in [1.165, 1.54) is 0 Å². The van der Waals surface area contributed by atoms with Crippen molar-refractivity contribution in [2.24, 2.45) is 5.92 Å². The average molecular weight is 483 g/mol. The van der Waals surface area contributed by atoms with E-state index in [9.17, 15) is 9.90 Å².